The highest BCUT2D eigenvalue weighted by atomic mass is 16.5. The summed E-state index contributed by atoms with van der Waals surface area (Å²) >= 11 is 0. The molecule has 0 saturated heterocycles. The molecule has 1 aromatic carbocycles. The average Bonchev–Trinajstić information content (AvgIpc) is 3.31. The molecule has 0 spiro atoms. The Morgan fingerprint density at radius 3 is 2.51 bits per heavy atom. The molecule has 0 radical (unpaired) electrons. The lowest BCUT2D eigenvalue weighted by Crippen LogP contribution is -2.08. The first kappa shape index (κ1) is 23.8. The van der Waals surface area contributed by atoms with E-state index < -0.39 is 0 Å². The molecule has 0 aliphatic rings. The molecular formula is C24H27N9O2. The van der Waals surface area contributed by atoms with Gasteiger partial charge in [-0.15, -0.1) is 0 Å². The maximum atomic E-state index is 12.7. The lowest BCUT2D eigenvalue weighted by Gasteiger charge is -2.17. The summed E-state index contributed by atoms with van der Waals surface area (Å²) in [5.41, 5.74) is 3.27. The first-order valence-corrected chi connectivity index (χ1v) is 11.1. The van der Waals surface area contributed by atoms with Crippen molar-refractivity contribution in [3.8, 4) is 17.1 Å². The topological polar surface area (TPSA) is 132 Å². The van der Waals surface area contributed by atoms with E-state index in [4.69, 9.17) is 4.74 Å². The molecule has 11 heteroatoms. The molecule has 180 valence electrons. The van der Waals surface area contributed by atoms with Crippen LogP contribution in [-0.2, 0) is 13.6 Å². The molecule has 3 heterocycles. The number of carbonyl (C=O) groups is 1. The van der Waals surface area contributed by atoms with Crippen LogP contribution >= 0.6 is 0 Å². The number of nitrogens with zero attached hydrogens (tertiary/aromatic N) is 6. The standard InChI is InChI=1S/C24H27N9O2/c1-5-20(34)17-12-28-21(31-22-13-26-15(10-25-2)11-27-22)9-19(17)30-18-8-6-7-16(23(18)35-4)24-29-14-33(3)32-24/h6-9,11-14,25H,5,10H2,1-4H3,(H2,27,28,30,31). The quantitative estimate of drug-likeness (QED) is 0.294. The predicted octanol–water partition coefficient (Wildman–Crippen LogP) is 3.48. The summed E-state index contributed by atoms with van der Waals surface area (Å²) in [6.45, 7) is 2.44. The monoisotopic (exact) mass is 473 g/mol. The third kappa shape index (κ3) is 5.41. The summed E-state index contributed by atoms with van der Waals surface area (Å²) in [5, 5.41) is 13.9. The largest absolute Gasteiger partial charge is 0.494 e. The third-order valence-corrected chi connectivity index (χ3v) is 5.17. The minimum Gasteiger partial charge on any atom is -0.494 e. The van der Waals surface area contributed by atoms with Crippen LogP contribution in [0, 0.1) is 0 Å². The number of para-hydroxylation sites is 1. The summed E-state index contributed by atoms with van der Waals surface area (Å²) in [5.74, 6) is 2.11. The normalized spacial score (nSPS) is 10.7. The van der Waals surface area contributed by atoms with E-state index in [-0.39, 0.29) is 5.78 Å². The number of nitrogens with one attached hydrogen (secondary N) is 3. The maximum absolute atomic E-state index is 12.7. The zero-order valence-corrected chi connectivity index (χ0v) is 20.0. The SMILES string of the molecule is CCC(=O)c1cnc(Nc2cnc(CNC)cn2)cc1Nc1cccc(-c2ncn(C)n2)c1OC. The summed E-state index contributed by atoms with van der Waals surface area (Å²) in [6, 6.07) is 7.39. The molecule has 0 saturated carbocycles. The fourth-order valence-corrected chi connectivity index (χ4v) is 3.50. The number of hydrogen-bond donors (Lipinski definition) is 3. The van der Waals surface area contributed by atoms with Crippen molar-refractivity contribution in [2.75, 3.05) is 24.8 Å². The highest BCUT2D eigenvalue weighted by Gasteiger charge is 2.18. The second-order valence-electron chi connectivity index (χ2n) is 7.69. The van der Waals surface area contributed by atoms with Crippen molar-refractivity contribution in [1.82, 2.24) is 35.0 Å². The Morgan fingerprint density at radius 1 is 1.03 bits per heavy atom. The fourth-order valence-electron chi connectivity index (χ4n) is 3.50. The number of pyridine rings is 1. The number of carbonyl (C=O) groups excluding carboxylic acids is 1. The van der Waals surface area contributed by atoms with Crippen LogP contribution in [0.1, 0.15) is 29.4 Å². The predicted molar refractivity (Wildman–Crippen MR) is 133 cm³/mol. The number of aryl methyl sites for hydroxylation is 1. The highest BCUT2D eigenvalue weighted by molar-refractivity contribution is 6.02. The number of aromatic nitrogens is 6. The first-order chi connectivity index (χ1) is 17.0. The summed E-state index contributed by atoms with van der Waals surface area (Å²) < 4.78 is 7.33. The minimum absolute atomic E-state index is 0.0377. The van der Waals surface area contributed by atoms with E-state index in [1.807, 2.05) is 32.2 Å². The number of ketones is 1. The Morgan fingerprint density at radius 2 is 1.86 bits per heavy atom. The van der Waals surface area contributed by atoms with E-state index in [1.54, 1.807) is 49.8 Å². The van der Waals surface area contributed by atoms with E-state index in [2.05, 4.69) is 41.0 Å². The van der Waals surface area contributed by atoms with Crippen LogP contribution < -0.4 is 20.7 Å². The number of anilines is 4. The molecule has 3 N–H and O–H groups in total. The van der Waals surface area contributed by atoms with Crippen LogP contribution in [-0.4, -0.2) is 49.7 Å². The second-order valence-corrected chi connectivity index (χ2v) is 7.69. The Labute approximate surface area is 203 Å². The van der Waals surface area contributed by atoms with Gasteiger partial charge in [-0.05, 0) is 19.2 Å². The van der Waals surface area contributed by atoms with Crippen molar-refractivity contribution in [2.45, 2.75) is 19.9 Å². The Bertz CT molecular complexity index is 1320. The van der Waals surface area contributed by atoms with Gasteiger partial charge < -0.3 is 20.7 Å². The molecule has 0 amide bonds. The molecule has 3 aromatic heterocycles. The number of methoxy groups -OCH3 is 1. The van der Waals surface area contributed by atoms with E-state index in [0.717, 1.165) is 11.3 Å². The smallest absolute Gasteiger partial charge is 0.184 e. The van der Waals surface area contributed by atoms with Crippen molar-refractivity contribution in [2.24, 2.45) is 7.05 Å². The third-order valence-electron chi connectivity index (χ3n) is 5.17. The van der Waals surface area contributed by atoms with Crippen molar-refractivity contribution in [3.05, 3.63) is 60.4 Å². The number of Topliss-reactive ketones (excluding diaryl/α,β-unsaturated/α-hetero) is 1. The van der Waals surface area contributed by atoms with Crippen LogP contribution in [0.5, 0.6) is 5.75 Å². The highest BCUT2D eigenvalue weighted by Crippen LogP contribution is 2.37. The van der Waals surface area contributed by atoms with Crippen molar-refractivity contribution >= 4 is 28.8 Å². The summed E-state index contributed by atoms with van der Waals surface area (Å²) in [6.07, 6.45) is 6.85. The van der Waals surface area contributed by atoms with Crippen LogP contribution in [0.15, 0.2) is 49.2 Å². The van der Waals surface area contributed by atoms with Crippen LogP contribution in [0.3, 0.4) is 0 Å². The van der Waals surface area contributed by atoms with Gasteiger partial charge in [0.1, 0.15) is 18.0 Å². The van der Waals surface area contributed by atoms with Gasteiger partial charge in [0.25, 0.3) is 0 Å². The second kappa shape index (κ2) is 10.7. The van der Waals surface area contributed by atoms with Crippen molar-refractivity contribution in [3.63, 3.8) is 0 Å². The van der Waals surface area contributed by atoms with Gasteiger partial charge in [-0.1, -0.05) is 13.0 Å². The summed E-state index contributed by atoms with van der Waals surface area (Å²) in [7, 11) is 5.24. The molecule has 0 unspecified atom stereocenters. The molecule has 0 fully saturated rings. The maximum Gasteiger partial charge on any atom is 0.184 e. The molecule has 0 atom stereocenters. The van der Waals surface area contributed by atoms with Gasteiger partial charge >= 0.3 is 0 Å². The summed E-state index contributed by atoms with van der Waals surface area (Å²) in [4.78, 5) is 30.1. The Balaban J connectivity index is 1.68. The molecule has 35 heavy (non-hydrogen) atoms. The van der Waals surface area contributed by atoms with E-state index in [0.29, 0.717) is 53.1 Å². The average molecular weight is 474 g/mol. The van der Waals surface area contributed by atoms with Crippen molar-refractivity contribution in [1.29, 1.82) is 0 Å². The van der Waals surface area contributed by atoms with Gasteiger partial charge in [-0.2, -0.15) is 5.10 Å². The van der Waals surface area contributed by atoms with Gasteiger partial charge in [0.15, 0.2) is 17.4 Å². The van der Waals surface area contributed by atoms with Crippen LogP contribution in [0.25, 0.3) is 11.4 Å². The lowest BCUT2D eigenvalue weighted by atomic mass is 10.1. The molecule has 4 aromatic rings. The Hall–Kier alpha value is -4.38. The lowest BCUT2D eigenvalue weighted by molar-refractivity contribution is 0.0988. The van der Waals surface area contributed by atoms with E-state index >= 15 is 0 Å². The van der Waals surface area contributed by atoms with Gasteiger partial charge in [0, 0.05) is 32.3 Å². The van der Waals surface area contributed by atoms with Crippen LogP contribution in [0.2, 0.25) is 0 Å². The zero-order valence-electron chi connectivity index (χ0n) is 20.0. The van der Waals surface area contributed by atoms with Crippen LogP contribution in [0.4, 0.5) is 23.0 Å². The first-order valence-electron chi connectivity index (χ1n) is 11.1. The number of rotatable bonds is 10. The number of benzene rings is 1. The fraction of sp³-hybridized carbons (Fsp3) is 0.250. The molecule has 11 nitrogen and oxygen atoms in total. The number of hydrogen-bond acceptors (Lipinski definition) is 10. The molecule has 4 rings (SSSR count). The van der Waals surface area contributed by atoms with Gasteiger partial charge in [-0.25, -0.2) is 15.0 Å². The minimum atomic E-state index is -0.0377. The Kier molecular flexibility index (Phi) is 7.27. The van der Waals surface area contributed by atoms with Gasteiger partial charge in [0.2, 0.25) is 0 Å². The van der Waals surface area contributed by atoms with E-state index in [1.165, 1.54) is 0 Å². The molecule has 0 aliphatic carbocycles. The van der Waals surface area contributed by atoms with E-state index in [9.17, 15) is 4.79 Å². The van der Waals surface area contributed by atoms with Gasteiger partial charge in [0.05, 0.1) is 47.7 Å². The van der Waals surface area contributed by atoms with Gasteiger partial charge in [-0.3, -0.25) is 14.5 Å². The zero-order chi connectivity index (χ0) is 24.8. The molecule has 0 bridgehead atoms. The van der Waals surface area contributed by atoms with Crippen molar-refractivity contribution < 1.29 is 9.53 Å². The molecule has 0 aliphatic heterocycles. The molecular weight excluding hydrogens is 446 g/mol. The number of ether oxygens (including phenoxy) is 1.